The SMILES string of the molecule is CC(C)(CC(=O)N1CCC2(CC1)OCCCC2O)c1ccccc1. The second-order valence-electron chi connectivity index (χ2n) is 7.88. The van der Waals surface area contributed by atoms with E-state index < -0.39 is 5.60 Å². The summed E-state index contributed by atoms with van der Waals surface area (Å²) in [6, 6.07) is 10.2. The van der Waals surface area contributed by atoms with Crippen molar-refractivity contribution >= 4 is 5.91 Å². The summed E-state index contributed by atoms with van der Waals surface area (Å²) in [5.41, 5.74) is 0.607. The zero-order valence-corrected chi connectivity index (χ0v) is 14.8. The van der Waals surface area contributed by atoms with E-state index in [4.69, 9.17) is 4.74 Å². The quantitative estimate of drug-likeness (QED) is 0.926. The Labute approximate surface area is 144 Å². The molecule has 4 heteroatoms. The van der Waals surface area contributed by atoms with Gasteiger partial charge in [0.2, 0.25) is 5.91 Å². The summed E-state index contributed by atoms with van der Waals surface area (Å²) in [5.74, 6) is 0.198. The van der Waals surface area contributed by atoms with Gasteiger partial charge < -0.3 is 14.7 Å². The number of likely N-dealkylation sites (tertiary alicyclic amines) is 1. The number of hydrogen-bond donors (Lipinski definition) is 1. The van der Waals surface area contributed by atoms with Crippen molar-refractivity contribution in [1.29, 1.82) is 0 Å². The normalized spacial score (nSPS) is 24.1. The molecule has 4 nitrogen and oxygen atoms in total. The molecule has 1 spiro atoms. The summed E-state index contributed by atoms with van der Waals surface area (Å²) >= 11 is 0. The number of ether oxygens (including phenoxy) is 1. The topological polar surface area (TPSA) is 49.8 Å². The van der Waals surface area contributed by atoms with Crippen LogP contribution in [0, 0.1) is 0 Å². The summed E-state index contributed by atoms with van der Waals surface area (Å²) in [5, 5.41) is 10.3. The Bertz CT molecular complexity index is 562. The number of nitrogens with zero attached hydrogens (tertiary/aromatic N) is 1. The second-order valence-corrected chi connectivity index (χ2v) is 7.88. The summed E-state index contributed by atoms with van der Waals surface area (Å²) in [6.07, 6.45) is 3.35. The molecular weight excluding hydrogens is 302 g/mol. The van der Waals surface area contributed by atoms with Gasteiger partial charge in [-0.15, -0.1) is 0 Å². The summed E-state index contributed by atoms with van der Waals surface area (Å²) in [6.45, 7) is 6.34. The number of carbonyl (C=O) groups is 1. The standard InChI is InChI=1S/C20H29NO3/c1-19(2,16-7-4-3-5-8-16)15-18(23)21-12-10-20(11-13-21)17(22)9-6-14-24-20/h3-5,7-8,17,22H,6,9-15H2,1-2H3. The molecule has 2 aliphatic rings. The molecular formula is C20H29NO3. The molecule has 2 heterocycles. The Morgan fingerprint density at radius 2 is 1.96 bits per heavy atom. The van der Waals surface area contributed by atoms with Crippen LogP contribution < -0.4 is 0 Å². The molecule has 1 aromatic carbocycles. The Kier molecular flexibility index (Phi) is 4.97. The van der Waals surface area contributed by atoms with Crippen LogP contribution >= 0.6 is 0 Å². The summed E-state index contributed by atoms with van der Waals surface area (Å²) in [7, 11) is 0. The first-order valence-electron chi connectivity index (χ1n) is 9.08. The molecule has 0 bridgehead atoms. The van der Waals surface area contributed by atoms with Gasteiger partial charge in [-0.2, -0.15) is 0 Å². The largest absolute Gasteiger partial charge is 0.390 e. The van der Waals surface area contributed by atoms with Crippen molar-refractivity contribution in [3.05, 3.63) is 35.9 Å². The predicted molar refractivity (Wildman–Crippen MR) is 93.8 cm³/mol. The van der Waals surface area contributed by atoms with Crippen LogP contribution in [0.5, 0.6) is 0 Å². The maximum absolute atomic E-state index is 12.8. The van der Waals surface area contributed by atoms with Gasteiger partial charge in [-0.1, -0.05) is 44.2 Å². The van der Waals surface area contributed by atoms with Crippen molar-refractivity contribution in [2.24, 2.45) is 0 Å². The van der Waals surface area contributed by atoms with Gasteiger partial charge in [0.25, 0.3) is 0 Å². The highest BCUT2D eigenvalue weighted by Gasteiger charge is 2.44. The van der Waals surface area contributed by atoms with Gasteiger partial charge >= 0.3 is 0 Å². The molecule has 132 valence electrons. The van der Waals surface area contributed by atoms with Crippen LogP contribution in [0.2, 0.25) is 0 Å². The zero-order valence-electron chi connectivity index (χ0n) is 14.8. The van der Waals surface area contributed by atoms with Gasteiger partial charge in [-0.25, -0.2) is 0 Å². The average molecular weight is 331 g/mol. The predicted octanol–water partition coefficient (Wildman–Crippen LogP) is 2.89. The van der Waals surface area contributed by atoms with Gasteiger partial charge in [0.1, 0.15) is 0 Å². The highest BCUT2D eigenvalue weighted by atomic mass is 16.5. The molecule has 1 unspecified atom stereocenters. The highest BCUT2D eigenvalue weighted by molar-refractivity contribution is 5.78. The van der Waals surface area contributed by atoms with Crippen LogP contribution in [0.4, 0.5) is 0 Å². The van der Waals surface area contributed by atoms with Crippen LogP contribution in [0.15, 0.2) is 30.3 Å². The number of hydrogen-bond acceptors (Lipinski definition) is 3. The highest BCUT2D eigenvalue weighted by Crippen LogP contribution is 2.36. The zero-order chi connectivity index (χ0) is 17.2. The van der Waals surface area contributed by atoms with Gasteiger partial charge in [0.15, 0.2) is 0 Å². The van der Waals surface area contributed by atoms with Crippen LogP contribution in [-0.2, 0) is 14.9 Å². The first-order valence-corrected chi connectivity index (χ1v) is 9.08. The van der Waals surface area contributed by atoms with Gasteiger partial charge in [0.05, 0.1) is 11.7 Å². The summed E-state index contributed by atoms with van der Waals surface area (Å²) < 4.78 is 5.93. The average Bonchev–Trinajstić information content (AvgIpc) is 2.59. The van der Waals surface area contributed by atoms with Gasteiger partial charge in [-0.3, -0.25) is 4.79 Å². The van der Waals surface area contributed by atoms with Crippen molar-refractivity contribution in [3.63, 3.8) is 0 Å². The smallest absolute Gasteiger partial charge is 0.223 e. The monoisotopic (exact) mass is 331 g/mol. The molecule has 1 aromatic rings. The van der Waals surface area contributed by atoms with Gasteiger partial charge in [0, 0.05) is 26.1 Å². The molecule has 3 rings (SSSR count). The molecule has 0 aliphatic carbocycles. The number of piperidine rings is 1. The van der Waals surface area contributed by atoms with E-state index in [-0.39, 0.29) is 17.4 Å². The third-order valence-corrected chi connectivity index (χ3v) is 5.73. The minimum atomic E-state index is -0.413. The maximum atomic E-state index is 12.8. The van der Waals surface area contributed by atoms with Crippen molar-refractivity contribution in [2.75, 3.05) is 19.7 Å². The molecule has 2 saturated heterocycles. The van der Waals surface area contributed by atoms with Crippen LogP contribution in [0.25, 0.3) is 0 Å². The first-order chi connectivity index (χ1) is 11.4. The molecule has 0 radical (unpaired) electrons. The number of amides is 1. The first kappa shape index (κ1) is 17.4. The van der Waals surface area contributed by atoms with E-state index in [1.807, 2.05) is 23.1 Å². The third kappa shape index (κ3) is 3.50. The van der Waals surface area contributed by atoms with Crippen LogP contribution in [0.3, 0.4) is 0 Å². The van der Waals surface area contributed by atoms with E-state index >= 15 is 0 Å². The Balaban J connectivity index is 1.59. The van der Waals surface area contributed by atoms with Crippen molar-refractivity contribution in [1.82, 2.24) is 4.90 Å². The minimum absolute atomic E-state index is 0.172. The number of benzene rings is 1. The molecule has 0 aromatic heterocycles. The molecule has 1 N–H and O–H groups in total. The summed E-state index contributed by atoms with van der Waals surface area (Å²) in [4.78, 5) is 14.7. The lowest BCUT2D eigenvalue weighted by molar-refractivity contribution is -0.180. The fourth-order valence-corrected chi connectivity index (χ4v) is 4.00. The molecule has 24 heavy (non-hydrogen) atoms. The fraction of sp³-hybridized carbons (Fsp3) is 0.650. The number of aliphatic hydroxyl groups excluding tert-OH is 1. The lowest BCUT2D eigenvalue weighted by Gasteiger charge is -2.47. The lowest BCUT2D eigenvalue weighted by atomic mass is 9.79. The number of carbonyl (C=O) groups excluding carboxylic acids is 1. The number of rotatable bonds is 3. The van der Waals surface area contributed by atoms with E-state index in [1.165, 1.54) is 5.56 Å². The Morgan fingerprint density at radius 3 is 2.58 bits per heavy atom. The van der Waals surface area contributed by atoms with Gasteiger partial charge in [-0.05, 0) is 36.7 Å². The Hall–Kier alpha value is -1.39. The van der Waals surface area contributed by atoms with Crippen molar-refractivity contribution in [2.45, 2.75) is 63.1 Å². The molecule has 1 amide bonds. The fourth-order valence-electron chi connectivity index (χ4n) is 4.00. The molecule has 1 atom stereocenters. The van der Waals surface area contributed by atoms with E-state index in [2.05, 4.69) is 26.0 Å². The van der Waals surface area contributed by atoms with Crippen molar-refractivity contribution in [3.8, 4) is 0 Å². The number of aliphatic hydroxyl groups is 1. The lowest BCUT2D eigenvalue weighted by Crippen LogP contribution is -2.56. The van der Waals surface area contributed by atoms with Crippen LogP contribution in [0.1, 0.15) is 51.5 Å². The Morgan fingerprint density at radius 1 is 1.29 bits per heavy atom. The molecule has 2 fully saturated rings. The minimum Gasteiger partial charge on any atom is -0.390 e. The van der Waals surface area contributed by atoms with Crippen LogP contribution in [-0.4, -0.2) is 47.3 Å². The maximum Gasteiger partial charge on any atom is 0.223 e. The van der Waals surface area contributed by atoms with E-state index in [0.717, 1.165) is 32.3 Å². The molecule has 0 saturated carbocycles. The van der Waals surface area contributed by atoms with E-state index in [9.17, 15) is 9.90 Å². The molecule has 2 aliphatic heterocycles. The third-order valence-electron chi connectivity index (χ3n) is 5.73. The van der Waals surface area contributed by atoms with E-state index in [1.54, 1.807) is 0 Å². The van der Waals surface area contributed by atoms with E-state index in [0.29, 0.717) is 19.5 Å². The second kappa shape index (κ2) is 6.85. The van der Waals surface area contributed by atoms with Crippen molar-refractivity contribution < 1.29 is 14.6 Å².